The van der Waals surface area contributed by atoms with Crippen molar-refractivity contribution >= 4 is 17.5 Å². The Bertz CT molecular complexity index is 528. The van der Waals surface area contributed by atoms with Crippen molar-refractivity contribution in [2.45, 2.75) is 45.3 Å². The summed E-state index contributed by atoms with van der Waals surface area (Å²) in [6.07, 6.45) is -0.760. The highest BCUT2D eigenvalue weighted by atomic mass is 16.6. The van der Waals surface area contributed by atoms with Gasteiger partial charge in [-0.15, -0.1) is 0 Å². The lowest BCUT2D eigenvalue weighted by Crippen LogP contribution is -2.24. The molecule has 5 heteroatoms. The van der Waals surface area contributed by atoms with Crippen LogP contribution < -0.4 is 0 Å². The molecule has 0 unspecified atom stereocenters. The molecule has 1 heterocycles. The highest BCUT2D eigenvalue weighted by Gasteiger charge is 2.45. The summed E-state index contributed by atoms with van der Waals surface area (Å²) in [5, 5.41) is 9.74. The Morgan fingerprint density at radius 3 is 2.60 bits per heavy atom. The Balaban J connectivity index is 2.29. The van der Waals surface area contributed by atoms with Gasteiger partial charge in [-0.3, -0.25) is 4.79 Å². The van der Waals surface area contributed by atoms with Crippen molar-refractivity contribution in [2.75, 3.05) is 0 Å². The number of ether oxygens (including phenoxy) is 1. The second-order valence-corrected chi connectivity index (χ2v) is 5.44. The van der Waals surface area contributed by atoms with E-state index in [-0.39, 0.29) is 23.9 Å². The molecule has 0 saturated carbocycles. The second-order valence-electron chi connectivity index (χ2n) is 5.44. The summed E-state index contributed by atoms with van der Waals surface area (Å²) in [6.45, 7) is 6.85. The molecule has 0 aromatic rings. The number of hydrogen-bond acceptors (Lipinski definition) is 5. The maximum Gasteiger partial charge on any atom is 0.334 e. The van der Waals surface area contributed by atoms with Gasteiger partial charge in [0.25, 0.3) is 0 Å². The minimum atomic E-state index is -0.807. The van der Waals surface area contributed by atoms with Crippen LogP contribution in [0.25, 0.3) is 0 Å². The van der Waals surface area contributed by atoms with Crippen LogP contribution in [0.3, 0.4) is 0 Å². The molecule has 1 fully saturated rings. The average Bonchev–Trinajstić information content (AvgIpc) is 2.76. The molecule has 2 rings (SSSR count). The van der Waals surface area contributed by atoms with Crippen molar-refractivity contribution in [1.82, 2.24) is 0 Å². The number of aliphatic hydroxyl groups excluding tert-OH is 1. The Kier molecular flexibility index (Phi) is 3.90. The zero-order valence-corrected chi connectivity index (χ0v) is 11.6. The third-order valence-electron chi connectivity index (χ3n) is 4.00. The van der Waals surface area contributed by atoms with Crippen LogP contribution in [0.15, 0.2) is 23.3 Å². The number of aliphatic hydroxyl groups is 1. The molecule has 0 aromatic heterocycles. The smallest absolute Gasteiger partial charge is 0.334 e. The van der Waals surface area contributed by atoms with E-state index in [1.54, 1.807) is 6.92 Å². The summed E-state index contributed by atoms with van der Waals surface area (Å²) in [5.41, 5.74) is 1.22. The van der Waals surface area contributed by atoms with Crippen molar-refractivity contribution < 1.29 is 24.2 Å². The van der Waals surface area contributed by atoms with Gasteiger partial charge < -0.3 is 14.6 Å². The molecule has 0 aromatic carbocycles. The summed E-state index contributed by atoms with van der Waals surface area (Å²) < 4.78 is 5.25. The maximum absolute atomic E-state index is 12.0. The van der Waals surface area contributed by atoms with Crippen LogP contribution in [0, 0.1) is 5.92 Å². The van der Waals surface area contributed by atoms with Crippen LogP contribution in [-0.2, 0) is 19.1 Å². The topological polar surface area (TPSA) is 80.7 Å². The first-order chi connectivity index (χ1) is 9.32. The predicted molar refractivity (Wildman–Crippen MR) is 70.8 cm³/mol. The van der Waals surface area contributed by atoms with Crippen LogP contribution in [0.4, 0.5) is 0 Å². The van der Waals surface area contributed by atoms with Crippen molar-refractivity contribution in [1.29, 1.82) is 0 Å². The van der Waals surface area contributed by atoms with Gasteiger partial charge in [0.1, 0.15) is 11.9 Å². The van der Waals surface area contributed by atoms with E-state index in [0.717, 1.165) is 0 Å². The number of ketones is 2. The lowest BCUT2D eigenvalue weighted by Gasteiger charge is -2.18. The van der Waals surface area contributed by atoms with Gasteiger partial charge in [-0.2, -0.15) is 0 Å². The van der Waals surface area contributed by atoms with E-state index in [2.05, 4.69) is 6.58 Å². The van der Waals surface area contributed by atoms with E-state index in [0.29, 0.717) is 29.6 Å². The standard InChI is InChI=1S/C15H18O5/c1-7(16)4-5-10-8(2)15(19)20-14(10)13-9(3)11(17)6-12(13)18/h10-11,14,17H,2,4-6H2,1,3H3/t10-,11-,14-/m1/s1. The van der Waals surface area contributed by atoms with Crippen LogP contribution in [0.1, 0.15) is 33.1 Å². The largest absolute Gasteiger partial charge is 0.453 e. The van der Waals surface area contributed by atoms with Gasteiger partial charge in [-0.05, 0) is 25.8 Å². The zero-order chi connectivity index (χ0) is 15.0. The molecule has 0 amide bonds. The third-order valence-corrected chi connectivity index (χ3v) is 4.00. The molecule has 2 aliphatic rings. The fraction of sp³-hybridized carbons (Fsp3) is 0.533. The summed E-state index contributed by atoms with van der Waals surface area (Å²) in [6, 6.07) is 0. The zero-order valence-electron chi connectivity index (χ0n) is 11.6. The molecule has 108 valence electrons. The van der Waals surface area contributed by atoms with Crippen molar-refractivity contribution in [3.63, 3.8) is 0 Å². The van der Waals surface area contributed by atoms with E-state index in [4.69, 9.17) is 4.74 Å². The molecule has 0 bridgehead atoms. The molecular weight excluding hydrogens is 260 g/mol. The van der Waals surface area contributed by atoms with Crippen molar-refractivity contribution in [3.05, 3.63) is 23.3 Å². The average molecular weight is 278 g/mol. The highest BCUT2D eigenvalue weighted by Crippen LogP contribution is 2.39. The number of cyclic esters (lactones) is 1. The second kappa shape index (κ2) is 5.32. The fourth-order valence-corrected chi connectivity index (χ4v) is 2.77. The Morgan fingerprint density at radius 2 is 2.10 bits per heavy atom. The van der Waals surface area contributed by atoms with E-state index in [9.17, 15) is 19.5 Å². The first-order valence-corrected chi connectivity index (χ1v) is 6.64. The Labute approximate surface area is 117 Å². The summed E-state index contributed by atoms with van der Waals surface area (Å²) in [7, 11) is 0. The quantitative estimate of drug-likeness (QED) is 0.615. The lowest BCUT2D eigenvalue weighted by molar-refractivity contribution is -0.138. The summed E-state index contributed by atoms with van der Waals surface area (Å²) in [4.78, 5) is 34.8. The molecule has 0 radical (unpaired) electrons. The molecular formula is C15H18O5. The molecule has 20 heavy (non-hydrogen) atoms. The van der Waals surface area contributed by atoms with Crippen LogP contribution in [0.5, 0.6) is 0 Å². The molecule has 3 atom stereocenters. The predicted octanol–water partition coefficient (Wildman–Crippen LogP) is 1.10. The van der Waals surface area contributed by atoms with Gasteiger partial charge in [0.15, 0.2) is 5.78 Å². The van der Waals surface area contributed by atoms with Crippen LogP contribution in [-0.4, -0.2) is 34.9 Å². The van der Waals surface area contributed by atoms with Gasteiger partial charge in [-0.25, -0.2) is 4.79 Å². The lowest BCUT2D eigenvalue weighted by atomic mass is 9.86. The Hall–Kier alpha value is -1.75. The number of hydrogen-bond donors (Lipinski definition) is 1. The van der Waals surface area contributed by atoms with E-state index >= 15 is 0 Å². The van der Waals surface area contributed by atoms with Crippen LogP contribution in [0.2, 0.25) is 0 Å². The first-order valence-electron chi connectivity index (χ1n) is 6.64. The van der Waals surface area contributed by atoms with E-state index in [1.165, 1.54) is 6.92 Å². The maximum atomic E-state index is 12.0. The van der Waals surface area contributed by atoms with Gasteiger partial charge in [0.2, 0.25) is 0 Å². The van der Waals surface area contributed by atoms with Crippen molar-refractivity contribution in [2.24, 2.45) is 5.92 Å². The normalized spacial score (nSPS) is 30.1. The van der Waals surface area contributed by atoms with E-state index in [1.807, 2.05) is 0 Å². The molecule has 0 spiro atoms. The minimum absolute atomic E-state index is 0.0133. The number of rotatable bonds is 4. The fourth-order valence-electron chi connectivity index (χ4n) is 2.77. The molecule has 1 saturated heterocycles. The number of esters is 1. The van der Waals surface area contributed by atoms with Gasteiger partial charge >= 0.3 is 5.97 Å². The van der Waals surface area contributed by atoms with Gasteiger partial charge in [0.05, 0.1) is 6.10 Å². The summed E-state index contributed by atoms with van der Waals surface area (Å²) >= 11 is 0. The van der Waals surface area contributed by atoms with Crippen LogP contribution >= 0.6 is 0 Å². The first kappa shape index (κ1) is 14.7. The van der Waals surface area contributed by atoms with Gasteiger partial charge in [-0.1, -0.05) is 6.58 Å². The minimum Gasteiger partial charge on any atom is -0.453 e. The number of Topliss-reactive ketones (excluding diaryl/α,β-unsaturated/α-hetero) is 2. The molecule has 1 aliphatic heterocycles. The van der Waals surface area contributed by atoms with Crippen molar-refractivity contribution in [3.8, 4) is 0 Å². The highest BCUT2D eigenvalue weighted by molar-refractivity contribution is 6.02. The van der Waals surface area contributed by atoms with E-state index < -0.39 is 18.2 Å². The Morgan fingerprint density at radius 1 is 1.45 bits per heavy atom. The number of carbonyl (C=O) groups excluding carboxylic acids is 3. The molecule has 1 aliphatic carbocycles. The third kappa shape index (κ3) is 2.45. The monoisotopic (exact) mass is 278 g/mol. The van der Waals surface area contributed by atoms with Gasteiger partial charge in [0, 0.05) is 29.9 Å². The molecule has 5 nitrogen and oxygen atoms in total. The molecule has 1 N–H and O–H groups in total. The SMILES string of the molecule is C=C1C(=O)O[C@@H](C2=C(C)[C@H](O)CC2=O)[C@@H]1CCC(C)=O. The number of carbonyl (C=O) groups is 3. The summed E-state index contributed by atoms with van der Waals surface area (Å²) in [5.74, 6) is -1.08.